The van der Waals surface area contributed by atoms with E-state index in [1.807, 2.05) is 0 Å². The summed E-state index contributed by atoms with van der Waals surface area (Å²) in [5.74, 6) is -0.0184. The second-order valence-electron chi connectivity index (χ2n) is 23.2. The van der Waals surface area contributed by atoms with E-state index in [1.54, 1.807) is 0 Å². The highest BCUT2D eigenvalue weighted by atomic mass is 16.5. The van der Waals surface area contributed by atoms with Gasteiger partial charge in [-0.15, -0.1) is 0 Å². The number of amides is 1. The maximum absolute atomic E-state index is 12.5. The van der Waals surface area contributed by atoms with Crippen LogP contribution in [0.3, 0.4) is 0 Å². The second kappa shape index (κ2) is 63.1. The second-order valence-corrected chi connectivity index (χ2v) is 23.2. The van der Waals surface area contributed by atoms with E-state index >= 15 is 0 Å². The van der Waals surface area contributed by atoms with Gasteiger partial charge in [0.25, 0.3) is 0 Å². The highest BCUT2D eigenvalue weighted by Gasteiger charge is 2.20. The van der Waals surface area contributed by atoms with Gasteiger partial charge < -0.3 is 20.3 Å². The summed E-state index contributed by atoms with van der Waals surface area (Å²) in [6.07, 6.45) is 76.8. The molecule has 434 valence electrons. The van der Waals surface area contributed by atoms with E-state index in [0.717, 1.165) is 44.9 Å². The van der Waals surface area contributed by atoms with Crippen LogP contribution >= 0.6 is 0 Å². The van der Waals surface area contributed by atoms with Crippen LogP contribution in [0.5, 0.6) is 0 Å². The van der Waals surface area contributed by atoms with Gasteiger partial charge in [0.2, 0.25) is 5.91 Å². The third-order valence-electron chi connectivity index (χ3n) is 15.8. The zero-order chi connectivity index (χ0) is 52.9. The molecule has 0 aliphatic heterocycles. The van der Waals surface area contributed by atoms with Gasteiger partial charge in [0.05, 0.1) is 25.4 Å². The summed E-state index contributed by atoms with van der Waals surface area (Å²) < 4.78 is 5.47. The van der Waals surface area contributed by atoms with Crippen LogP contribution in [0.1, 0.15) is 380 Å². The lowest BCUT2D eigenvalue weighted by molar-refractivity contribution is -0.143. The minimum absolute atomic E-state index is 0.00999. The zero-order valence-corrected chi connectivity index (χ0v) is 49.6. The molecule has 3 N–H and O–H groups in total. The molecule has 0 aliphatic rings. The quantitative estimate of drug-likeness (QED) is 0.0320. The topological polar surface area (TPSA) is 95.9 Å². The molecule has 0 bridgehead atoms. The molecular formula is C67H131NO5. The number of rotatable bonds is 63. The summed E-state index contributed by atoms with van der Waals surface area (Å²) in [6.45, 7) is 4.96. The van der Waals surface area contributed by atoms with Crippen LogP contribution in [-0.4, -0.2) is 47.4 Å². The van der Waals surface area contributed by atoms with E-state index in [2.05, 4.69) is 31.3 Å². The summed E-state index contributed by atoms with van der Waals surface area (Å²) in [6, 6.07) is -0.538. The number of hydrogen-bond donors (Lipinski definition) is 3. The summed E-state index contributed by atoms with van der Waals surface area (Å²) in [5, 5.41) is 23.3. The van der Waals surface area contributed by atoms with Gasteiger partial charge in [-0.3, -0.25) is 9.59 Å². The first kappa shape index (κ1) is 71.6. The van der Waals surface area contributed by atoms with Gasteiger partial charge in [-0.2, -0.15) is 0 Å². The Morgan fingerprint density at radius 2 is 0.644 bits per heavy atom. The third kappa shape index (κ3) is 59.7. The molecule has 0 radical (unpaired) electrons. The number of unbranched alkanes of at least 4 members (excludes halogenated alkanes) is 50. The first-order valence-electron chi connectivity index (χ1n) is 33.4. The van der Waals surface area contributed by atoms with Crippen molar-refractivity contribution in [3.8, 4) is 0 Å². The lowest BCUT2D eigenvalue weighted by Crippen LogP contribution is -2.45. The van der Waals surface area contributed by atoms with Crippen LogP contribution in [0, 0.1) is 0 Å². The Kier molecular flexibility index (Phi) is 61.9. The average Bonchev–Trinajstić information content (AvgIpc) is 3.39. The van der Waals surface area contributed by atoms with E-state index in [9.17, 15) is 19.8 Å². The van der Waals surface area contributed by atoms with E-state index < -0.39 is 12.1 Å². The van der Waals surface area contributed by atoms with E-state index in [-0.39, 0.29) is 18.5 Å². The molecule has 0 heterocycles. The molecule has 0 fully saturated rings. The van der Waals surface area contributed by atoms with Gasteiger partial charge in [-0.05, 0) is 51.4 Å². The zero-order valence-electron chi connectivity index (χ0n) is 49.6. The normalized spacial score (nSPS) is 12.5. The van der Waals surface area contributed by atoms with Crippen LogP contribution < -0.4 is 5.32 Å². The number of hydrogen-bond acceptors (Lipinski definition) is 5. The molecule has 0 spiro atoms. The summed E-state index contributed by atoms with van der Waals surface area (Å²) in [5.41, 5.74) is 0. The average molecular weight is 1030 g/mol. The standard InChI is InChI=1S/C67H131NO5/c1-3-5-7-9-11-13-15-17-33-36-39-43-47-51-55-59-65(70)64(63-69)68-66(71)60-56-52-48-44-40-37-34-31-29-27-25-23-21-19-18-20-22-24-26-28-30-32-35-38-42-46-50-54-58-62-73-67(72)61-57-53-49-45-41-16-14-12-10-8-6-4-2/h12,14,64-65,69-70H,3-11,13,15-63H2,1-2H3,(H,68,71)/b14-12-. The largest absolute Gasteiger partial charge is 0.466 e. The Morgan fingerprint density at radius 3 is 1.00 bits per heavy atom. The molecule has 0 rings (SSSR count). The van der Waals surface area contributed by atoms with Crippen LogP contribution in [0.15, 0.2) is 12.2 Å². The number of ether oxygens (including phenoxy) is 1. The molecule has 0 aromatic rings. The van der Waals surface area contributed by atoms with Gasteiger partial charge in [-0.1, -0.05) is 328 Å². The predicted molar refractivity (Wildman–Crippen MR) is 320 cm³/mol. The van der Waals surface area contributed by atoms with Crippen molar-refractivity contribution in [2.45, 2.75) is 392 Å². The molecule has 2 unspecified atom stereocenters. The van der Waals surface area contributed by atoms with Crippen molar-refractivity contribution in [3.63, 3.8) is 0 Å². The number of carbonyl (C=O) groups excluding carboxylic acids is 2. The lowest BCUT2D eigenvalue weighted by Gasteiger charge is -2.22. The van der Waals surface area contributed by atoms with Crippen molar-refractivity contribution < 1.29 is 24.5 Å². The highest BCUT2D eigenvalue weighted by molar-refractivity contribution is 5.76. The maximum Gasteiger partial charge on any atom is 0.305 e. The van der Waals surface area contributed by atoms with Gasteiger partial charge in [0.15, 0.2) is 0 Å². The molecular weight excluding hydrogens is 899 g/mol. The summed E-state index contributed by atoms with van der Waals surface area (Å²) in [7, 11) is 0. The summed E-state index contributed by atoms with van der Waals surface area (Å²) in [4.78, 5) is 24.5. The van der Waals surface area contributed by atoms with Crippen molar-refractivity contribution in [3.05, 3.63) is 12.2 Å². The van der Waals surface area contributed by atoms with Gasteiger partial charge in [0, 0.05) is 12.8 Å². The molecule has 0 aliphatic carbocycles. The van der Waals surface area contributed by atoms with Gasteiger partial charge in [0.1, 0.15) is 0 Å². The molecule has 0 saturated heterocycles. The van der Waals surface area contributed by atoms with E-state index in [1.165, 1.54) is 302 Å². The van der Waals surface area contributed by atoms with Gasteiger partial charge >= 0.3 is 5.97 Å². The van der Waals surface area contributed by atoms with Crippen molar-refractivity contribution in [2.75, 3.05) is 13.2 Å². The SMILES string of the molecule is CCCCC/C=C\CCCCCCCC(=O)OCCCCCCCCCCCCCCCCCCCCCCCCCCCCCCCC(=O)NC(CO)C(O)CCCCCCCCCCCCCCCCC. The molecule has 0 saturated carbocycles. The maximum atomic E-state index is 12.5. The number of aliphatic hydroxyl groups excluding tert-OH is 2. The molecule has 1 amide bonds. The van der Waals surface area contributed by atoms with E-state index in [4.69, 9.17) is 4.74 Å². The fourth-order valence-electron chi connectivity index (χ4n) is 10.7. The fraction of sp³-hybridized carbons (Fsp3) is 0.940. The Hall–Kier alpha value is -1.40. The Morgan fingerprint density at radius 1 is 0.370 bits per heavy atom. The smallest absolute Gasteiger partial charge is 0.305 e. The number of aliphatic hydroxyl groups is 2. The number of esters is 1. The Bertz CT molecular complexity index is 1100. The van der Waals surface area contributed by atoms with E-state index in [0.29, 0.717) is 25.9 Å². The van der Waals surface area contributed by atoms with Gasteiger partial charge in [-0.25, -0.2) is 0 Å². The van der Waals surface area contributed by atoms with Crippen LogP contribution in [-0.2, 0) is 14.3 Å². The number of allylic oxidation sites excluding steroid dienone is 2. The van der Waals surface area contributed by atoms with Crippen LogP contribution in [0.25, 0.3) is 0 Å². The monoisotopic (exact) mass is 1030 g/mol. The van der Waals surface area contributed by atoms with Crippen molar-refractivity contribution >= 4 is 11.9 Å². The summed E-state index contributed by atoms with van der Waals surface area (Å²) >= 11 is 0. The molecule has 6 nitrogen and oxygen atoms in total. The third-order valence-corrected chi connectivity index (χ3v) is 15.8. The Labute approximate surface area is 457 Å². The van der Waals surface area contributed by atoms with Crippen molar-refractivity contribution in [2.24, 2.45) is 0 Å². The molecule has 6 heteroatoms. The number of nitrogens with one attached hydrogen (secondary N) is 1. The van der Waals surface area contributed by atoms with Crippen molar-refractivity contribution in [1.29, 1.82) is 0 Å². The highest BCUT2D eigenvalue weighted by Crippen LogP contribution is 2.19. The predicted octanol–water partition coefficient (Wildman–Crippen LogP) is 21.2. The minimum Gasteiger partial charge on any atom is -0.466 e. The first-order chi connectivity index (χ1) is 36.0. The van der Waals surface area contributed by atoms with Crippen LogP contribution in [0.2, 0.25) is 0 Å². The molecule has 2 atom stereocenters. The lowest BCUT2D eigenvalue weighted by atomic mass is 10.0. The molecule has 0 aromatic carbocycles. The molecule has 73 heavy (non-hydrogen) atoms. The number of carbonyl (C=O) groups is 2. The van der Waals surface area contributed by atoms with Crippen molar-refractivity contribution in [1.82, 2.24) is 5.32 Å². The first-order valence-corrected chi connectivity index (χ1v) is 33.4. The fourth-order valence-corrected chi connectivity index (χ4v) is 10.7. The van der Waals surface area contributed by atoms with Crippen LogP contribution in [0.4, 0.5) is 0 Å². The minimum atomic E-state index is -0.661. The Balaban J connectivity index is 3.33. The molecule has 0 aromatic heterocycles.